The third-order valence-electron chi connectivity index (χ3n) is 4.28. The minimum atomic E-state index is -0.163. The van der Waals surface area contributed by atoms with Crippen molar-refractivity contribution in [3.05, 3.63) is 29.6 Å². The van der Waals surface area contributed by atoms with Gasteiger partial charge in [0.25, 0.3) is 0 Å². The monoisotopic (exact) mass is 264 g/mol. The summed E-state index contributed by atoms with van der Waals surface area (Å²) in [6.07, 6.45) is 3.21. The van der Waals surface area contributed by atoms with Gasteiger partial charge in [-0.1, -0.05) is 13.8 Å². The molecule has 0 radical (unpaired) electrons. The lowest BCUT2D eigenvalue weighted by molar-refractivity contribution is 0.311. The van der Waals surface area contributed by atoms with E-state index in [1.165, 1.54) is 18.5 Å². The van der Waals surface area contributed by atoms with Gasteiger partial charge in [-0.05, 0) is 61.4 Å². The van der Waals surface area contributed by atoms with E-state index in [1.54, 1.807) is 12.1 Å². The van der Waals surface area contributed by atoms with Crippen molar-refractivity contribution in [2.75, 3.05) is 24.5 Å². The Hall–Kier alpha value is -1.09. The number of benzene rings is 1. The minimum Gasteiger partial charge on any atom is -0.371 e. The molecule has 1 fully saturated rings. The first kappa shape index (κ1) is 14.3. The molecule has 0 aliphatic carbocycles. The summed E-state index contributed by atoms with van der Waals surface area (Å²) >= 11 is 0. The molecule has 2 N–H and O–H groups in total. The van der Waals surface area contributed by atoms with E-state index in [-0.39, 0.29) is 5.82 Å². The van der Waals surface area contributed by atoms with Crippen LogP contribution in [0.15, 0.2) is 18.2 Å². The molecule has 3 heteroatoms. The van der Waals surface area contributed by atoms with Gasteiger partial charge in [0, 0.05) is 18.8 Å². The van der Waals surface area contributed by atoms with E-state index in [0.29, 0.717) is 6.54 Å². The van der Waals surface area contributed by atoms with Crippen LogP contribution < -0.4 is 10.6 Å². The van der Waals surface area contributed by atoms with Gasteiger partial charge in [-0.2, -0.15) is 0 Å². The van der Waals surface area contributed by atoms with Crippen LogP contribution in [0, 0.1) is 17.7 Å². The van der Waals surface area contributed by atoms with Crippen LogP contribution >= 0.6 is 0 Å². The molecule has 2 nitrogen and oxygen atoms in total. The summed E-state index contributed by atoms with van der Waals surface area (Å²) in [5, 5.41) is 0. The van der Waals surface area contributed by atoms with Crippen molar-refractivity contribution < 1.29 is 4.39 Å². The molecule has 2 rings (SSSR count). The Morgan fingerprint density at radius 2 is 2.00 bits per heavy atom. The summed E-state index contributed by atoms with van der Waals surface area (Å²) in [7, 11) is 0. The maximum absolute atomic E-state index is 13.3. The molecular weight excluding hydrogens is 239 g/mol. The number of halogens is 1. The molecule has 0 bridgehead atoms. The third-order valence-corrected chi connectivity index (χ3v) is 4.28. The number of anilines is 1. The van der Waals surface area contributed by atoms with Gasteiger partial charge in [0.05, 0.1) is 0 Å². The Morgan fingerprint density at radius 3 is 2.58 bits per heavy atom. The van der Waals surface area contributed by atoms with E-state index >= 15 is 0 Å². The van der Waals surface area contributed by atoms with E-state index in [1.807, 2.05) is 6.07 Å². The van der Waals surface area contributed by atoms with Crippen LogP contribution in [0.1, 0.15) is 32.3 Å². The predicted octanol–water partition coefficient (Wildman–Crippen LogP) is 3.20. The zero-order chi connectivity index (χ0) is 13.8. The van der Waals surface area contributed by atoms with Crippen LogP contribution in [0.3, 0.4) is 0 Å². The van der Waals surface area contributed by atoms with Gasteiger partial charge in [-0.3, -0.25) is 0 Å². The number of nitrogens with two attached hydrogens (primary N) is 1. The minimum absolute atomic E-state index is 0.163. The highest BCUT2D eigenvalue weighted by Crippen LogP contribution is 2.30. The van der Waals surface area contributed by atoms with Crippen molar-refractivity contribution in [3.8, 4) is 0 Å². The Bertz CT molecular complexity index is 409. The molecule has 0 aromatic heterocycles. The lowest BCUT2D eigenvalue weighted by Gasteiger charge is -2.36. The van der Waals surface area contributed by atoms with Crippen molar-refractivity contribution in [1.29, 1.82) is 0 Å². The van der Waals surface area contributed by atoms with Crippen LogP contribution in [0.25, 0.3) is 0 Å². The van der Waals surface area contributed by atoms with Gasteiger partial charge in [-0.15, -0.1) is 0 Å². The van der Waals surface area contributed by atoms with Crippen molar-refractivity contribution in [3.63, 3.8) is 0 Å². The molecule has 1 saturated heterocycles. The Labute approximate surface area is 115 Å². The van der Waals surface area contributed by atoms with Gasteiger partial charge >= 0.3 is 0 Å². The SMILES string of the molecule is CC(C)C1CCN(c2ccc(F)cc2CCN)CC1. The second-order valence-electron chi connectivity index (χ2n) is 5.88. The fraction of sp³-hybridized carbons (Fsp3) is 0.625. The first-order chi connectivity index (χ1) is 9.11. The standard InChI is InChI=1S/C16H25FN2/c1-12(2)13-6-9-19(10-7-13)16-4-3-15(17)11-14(16)5-8-18/h3-4,11-13H,5-10,18H2,1-2H3. The molecule has 0 atom stereocenters. The molecule has 1 heterocycles. The summed E-state index contributed by atoms with van der Waals surface area (Å²) in [6, 6.07) is 5.11. The van der Waals surface area contributed by atoms with Crippen molar-refractivity contribution >= 4 is 5.69 Å². The summed E-state index contributed by atoms with van der Waals surface area (Å²) in [5.41, 5.74) is 7.85. The van der Waals surface area contributed by atoms with Crippen LogP contribution in [0.5, 0.6) is 0 Å². The molecule has 1 aliphatic heterocycles. The number of rotatable bonds is 4. The number of piperidine rings is 1. The number of nitrogens with zero attached hydrogens (tertiary/aromatic N) is 1. The third kappa shape index (κ3) is 3.47. The van der Waals surface area contributed by atoms with Crippen LogP contribution in [-0.4, -0.2) is 19.6 Å². The normalized spacial score (nSPS) is 17.2. The molecule has 19 heavy (non-hydrogen) atoms. The number of hydrogen-bond donors (Lipinski definition) is 1. The largest absolute Gasteiger partial charge is 0.371 e. The summed E-state index contributed by atoms with van der Waals surface area (Å²) in [6.45, 7) is 7.33. The summed E-state index contributed by atoms with van der Waals surface area (Å²) < 4.78 is 13.3. The molecular formula is C16H25FN2. The smallest absolute Gasteiger partial charge is 0.123 e. The molecule has 1 aliphatic rings. The van der Waals surface area contributed by atoms with Crippen molar-refractivity contribution in [2.45, 2.75) is 33.1 Å². The Morgan fingerprint density at radius 1 is 1.32 bits per heavy atom. The lowest BCUT2D eigenvalue weighted by atomic mass is 9.86. The molecule has 0 unspecified atom stereocenters. The van der Waals surface area contributed by atoms with E-state index in [0.717, 1.165) is 36.9 Å². The molecule has 0 amide bonds. The number of hydrogen-bond acceptors (Lipinski definition) is 2. The quantitative estimate of drug-likeness (QED) is 0.905. The highest BCUT2D eigenvalue weighted by molar-refractivity contribution is 5.54. The molecule has 106 valence electrons. The van der Waals surface area contributed by atoms with E-state index in [2.05, 4.69) is 18.7 Å². The van der Waals surface area contributed by atoms with Gasteiger partial charge in [0.15, 0.2) is 0 Å². The zero-order valence-electron chi connectivity index (χ0n) is 12.0. The second kappa shape index (κ2) is 6.38. The van der Waals surface area contributed by atoms with Crippen LogP contribution in [0.2, 0.25) is 0 Å². The van der Waals surface area contributed by atoms with Crippen LogP contribution in [0.4, 0.5) is 10.1 Å². The average Bonchev–Trinajstić information content (AvgIpc) is 2.39. The second-order valence-corrected chi connectivity index (χ2v) is 5.88. The highest BCUT2D eigenvalue weighted by atomic mass is 19.1. The average molecular weight is 264 g/mol. The first-order valence-electron chi connectivity index (χ1n) is 7.35. The van der Waals surface area contributed by atoms with E-state index < -0.39 is 0 Å². The highest BCUT2D eigenvalue weighted by Gasteiger charge is 2.22. The fourth-order valence-electron chi connectivity index (χ4n) is 3.03. The topological polar surface area (TPSA) is 29.3 Å². The molecule has 0 saturated carbocycles. The summed E-state index contributed by atoms with van der Waals surface area (Å²) in [4.78, 5) is 2.39. The Balaban J connectivity index is 2.10. The maximum Gasteiger partial charge on any atom is 0.123 e. The summed E-state index contributed by atoms with van der Waals surface area (Å²) in [5.74, 6) is 1.43. The molecule has 1 aromatic carbocycles. The van der Waals surface area contributed by atoms with E-state index in [9.17, 15) is 4.39 Å². The predicted molar refractivity (Wildman–Crippen MR) is 78.9 cm³/mol. The first-order valence-corrected chi connectivity index (χ1v) is 7.35. The van der Waals surface area contributed by atoms with Gasteiger partial charge in [0.2, 0.25) is 0 Å². The van der Waals surface area contributed by atoms with Gasteiger partial charge in [-0.25, -0.2) is 4.39 Å². The van der Waals surface area contributed by atoms with E-state index in [4.69, 9.17) is 5.73 Å². The van der Waals surface area contributed by atoms with Crippen molar-refractivity contribution in [1.82, 2.24) is 0 Å². The molecule has 0 spiro atoms. The van der Waals surface area contributed by atoms with Gasteiger partial charge < -0.3 is 10.6 Å². The Kier molecular flexibility index (Phi) is 4.81. The maximum atomic E-state index is 13.3. The lowest BCUT2D eigenvalue weighted by Crippen LogP contribution is -2.35. The fourth-order valence-corrected chi connectivity index (χ4v) is 3.03. The zero-order valence-corrected chi connectivity index (χ0v) is 12.0. The van der Waals surface area contributed by atoms with Crippen LogP contribution in [-0.2, 0) is 6.42 Å². The molecule has 1 aromatic rings. The van der Waals surface area contributed by atoms with Gasteiger partial charge in [0.1, 0.15) is 5.82 Å². The van der Waals surface area contributed by atoms with Crippen molar-refractivity contribution in [2.24, 2.45) is 17.6 Å².